The highest BCUT2D eigenvalue weighted by Crippen LogP contribution is 2.03. The molecule has 1 aromatic heterocycles. The Hall–Kier alpha value is -1.52. The SMILES string of the molecule is CCOC(=O)C(C)n1cc[nH]c1=O. The van der Waals surface area contributed by atoms with Gasteiger partial charge in [0.25, 0.3) is 0 Å². The molecule has 0 amide bonds. The Labute approximate surface area is 75.3 Å². The summed E-state index contributed by atoms with van der Waals surface area (Å²) < 4.78 is 6.06. The van der Waals surface area contributed by atoms with Crippen LogP contribution < -0.4 is 5.69 Å². The first-order valence-electron chi connectivity index (χ1n) is 4.09. The fourth-order valence-electron chi connectivity index (χ4n) is 1.01. The smallest absolute Gasteiger partial charge is 0.328 e. The molecule has 0 bridgehead atoms. The summed E-state index contributed by atoms with van der Waals surface area (Å²) in [4.78, 5) is 24.7. The summed E-state index contributed by atoms with van der Waals surface area (Å²) in [7, 11) is 0. The number of H-pyrrole nitrogens is 1. The first-order chi connectivity index (χ1) is 6.16. The van der Waals surface area contributed by atoms with Crippen molar-refractivity contribution >= 4 is 5.97 Å². The molecule has 0 radical (unpaired) electrons. The number of hydrogen-bond acceptors (Lipinski definition) is 3. The van der Waals surface area contributed by atoms with E-state index in [2.05, 4.69) is 4.98 Å². The van der Waals surface area contributed by atoms with E-state index in [1.165, 1.54) is 17.0 Å². The van der Waals surface area contributed by atoms with E-state index < -0.39 is 12.0 Å². The van der Waals surface area contributed by atoms with Gasteiger partial charge in [0, 0.05) is 12.4 Å². The molecular formula is C8H12N2O3. The van der Waals surface area contributed by atoms with E-state index in [1.54, 1.807) is 13.8 Å². The summed E-state index contributed by atoms with van der Waals surface area (Å²) in [5, 5.41) is 0. The number of imidazole rings is 1. The molecule has 1 unspecified atom stereocenters. The van der Waals surface area contributed by atoms with Crippen LogP contribution in [0.1, 0.15) is 19.9 Å². The average molecular weight is 184 g/mol. The molecule has 1 aromatic rings. The molecule has 0 aromatic carbocycles. The summed E-state index contributed by atoms with van der Waals surface area (Å²) in [5.41, 5.74) is -0.305. The zero-order chi connectivity index (χ0) is 9.84. The van der Waals surface area contributed by atoms with Gasteiger partial charge in [-0.3, -0.25) is 4.57 Å². The van der Waals surface area contributed by atoms with Crippen molar-refractivity contribution in [2.45, 2.75) is 19.9 Å². The van der Waals surface area contributed by atoms with Crippen molar-refractivity contribution in [3.63, 3.8) is 0 Å². The second-order valence-corrected chi connectivity index (χ2v) is 2.60. The summed E-state index contributed by atoms with van der Waals surface area (Å²) in [6, 6.07) is -0.571. The molecule has 0 fully saturated rings. The minimum Gasteiger partial charge on any atom is -0.464 e. The molecule has 13 heavy (non-hydrogen) atoms. The molecule has 1 atom stereocenters. The maximum absolute atomic E-state index is 11.2. The van der Waals surface area contributed by atoms with Crippen LogP contribution in [0.2, 0.25) is 0 Å². The van der Waals surface area contributed by atoms with Gasteiger partial charge in [-0.25, -0.2) is 9.59 Å². The summed E-state index contributed by atoms with van der Waals surface area (Å²) in [5.74, 6) is -0.399. The second-order valence-electron chi connectivity index (χ2n) is 2.60. The first kappa shape index (κ1) is 9.57. The largest absolute Gasteiger partial charge is 0.464 e. The Bertz CT molecular complexity index is 339. The van der Waals surface area contributed by atoms with Crippen molar-refractivity contribution in [1.82, 2.24) is 9.55 Å². The van der Waals surface area contributed by atoms with E-state index >= 15 is 0 Å². The minimum atomic E-state index is -0.571. The Balaban J connectivity index is 2.79. The lowest BCUT2D eigenvalue weighted by Crippen LogP contribution is -2.27. The van der Waals surface area contributed by atoms with Crippen LogP contribution in [0.5, 0.6) is 0 Å². The van der Waals surface area contributed by atoms with Gasteiger partial charge in [-0.15, -0.1) is 0 Å². The van der Waals surface area contributed by atoms with Crippen molar-refractivity contribution in [3.8, 4) is 0 Å². The molecule has 1 heterocycles. The predicted molar refractivity (Wildman–Crippen MR) is 46.4 cm³/mol. The number of aromatic nitrogens is 2. The van der Waals surface area contributed by atoms with Gasteiger partial charge in [-0.2, -0.15) is 0 Å². The minimum absolute atomic E-state index is 0.305. The number of hydrogen-bond donors (Lipinski definition) is 1. The molecule has 5 nitrogen and oxygen atoms in total. The highest BCUT2D eigenvalue weighted by Gasteiger charge is 2.16. The van der Waals surface area contributed by atoms with Crippen molar-refractivity contribution in [3.05, 3.63) is 22.9 Å². The lowest BCUT2D eigenvalue weighted by molar-refractivity contribution is -0.146. The third-order valence-corrected chi connectivity index (χ3v) is 1.72. The van der Waals surface area contributed by atoms with E-state index in [0.29, 0.717) is 6.61 Å². The maximum Gasteiger partial charge on any atom is 0.328 e. The zero-order valence-electron chi connectivity index (χ0n) is 7.61. The molecular weight excluding hydrogens is 172 g/mol. The van der Waals surface area contributed by atoms with Crippen molar-refractivity contribution in [2.75, 3.05) is 6.61 Å². The fourth-order valence-corrected chi connectivity index (χ4v) is 1.01. The topological polar surface area (TPSA) is 64.1 Å². The van der Waals surface area contributed by atoms with Crippen LogP contribution in [-0.2, 0) is 9.53 Å². The van der Waals surface area contributed by atoms with E-state index in [4.69, 9.17) is 4.74 Å². The molecule has 0 spiro atoms. The summed E-state index contributed by atoms with van der Waals surface area (Å²) in [6.07, 6.45) is 3.00. The normalized spacial score (nSPS) is 12.5. The van der Waals surface area contributed by atoms with E-state index in [9.17, 15) is 9.59 Å². The lowest BCUT2D eigenvalue weighted by atomic mass is 10.3. The summed E-state index contributed by atoms with van der Waals surface area (Å²) >= 11 is 0. The van der Waals surface area contributed by atoms with E-state index in [-0.39, 0.29) is 5.69 Å². The monoisotopic (exact) mass is 184 g/mol. The fraction of sp³-hybridized carbons (Fsp3) is 0.500. The van der Waals surface area contributed by atoms with Crippen LogP contribution in [0.4, 0.5) is 0 Å². The lowest BCUT2D eigenvalue weighted by Gasteiger charge is -2.09. The van der Waals surface area contributed by atoms with Crippen molar-refractivity contribution in [1.29, 1.82) is 0 Å². The average Bonchev–Trinajstić information content (AvgIpc) is 2.50. The van der Waals surface area contributed by atoms with Crippen LogP contribution in [0.25, 0.3) is 0 Å². The number of esters is 1. The highest BCUT2D eigenvalue weighted by atomic mass is 16.5. The van der Waals surface area contributed by atoms with E-state index in [1.807, 2.05) is 0 Å². The molecule has 0 aliphatic rings. The van der Waals surface area contributed by atoms with Crippen LogP contribution in [-0.4, -0.2) is 22.1 Å². The van der Waals surface area contributed by atoms with Gasteiger partial charge >= 0.3 is 11.7 Å². The van der Waals surface area contributed by atoms with Crippen LogP contribution in [0.3, 0.4) is 0 Å². The Kier molecular flexibility index (Phi) is 2.89. The molecule has 0 saturated heterocycles. The molecule has 0 aliphatic carbocycles. The number of ether oxygens (including phenoxy) is 1. The second kappa shape index (κ2) is 3.93. The molecule has 5 heteroatoms. The first-order valence-corrected chi connectivity index (χ1v) is 4.09. The highest BCUT2D eigenvalue weighted by molar-refractivity contribution is 5.73. The van der Waals surface area contributed by atoms with Gasteiger partial charge in [0.1, 0.15) is 6.04 Å². The van der Waals surface area contributed by atoms with Gasteiger partial charge in [-0.1, -0.05) is 0 Å². The molecule has 1 N–H and O–H groups in total. The van der Waals surface area contributed by atoms with Gasteiger partial charge < -0.3 is 9.72 Å². The number of nitrogens with zero attached hydrogens (tertiary/aromatic N) is 1. The number of carbonyl (C=O) groups excluding carboxylic acids is 1. The Morgan fingerprint density at radius 3 is 2.92 bits per heavy atom. The van der Waals surface area contributed by atoms with Crippen molar-refractivity contribution in [2.24, 2.45) is 0 Å². The molecule has 1 rings (SSSR count). The van der Waals surface area contributed by atoms with Crippen LogP contribution in [0.15, 0.2) is 17.2 Å². The molecule has 0 saturated carbocycles. The Morgan fingerprint density at radius 2 is 2.46 bits per heavy atom. The van der Waals surface area contributed by atoms with Crippen molar-refractivity contribution < 1.29 is 9.53 Å². The van der Waals surface area contributed by atoms with Gasteiger partial charge in [0.2, 0.25) is 0 Å². The quantitative estimate of drug-likeness (QED) is 0.687. The number of rotatable bonds is 3. The Morgan fingerprint density at radius 1 is 1.77 bits per heavy atom. The van der Waals surface area contributed by atoms with Gasteiger partial charge in [0.05, 0.1) is 6.61 Å². The predicted octanol–water partition coefficient (Wildman–Crippen LogP) is 0.301. The number of aromatic amines is 1. The standard InChI is InChI=1S/C8H12N2O3/c1-3-13-7(11)6(2)10-5-4-9-8(10)12/h4-6H,3H2,1-2H3,(H,9,12). The summed E-state index contributed by atoms with van der Waals surface area (Å²) in [6.45, 7) is 3.67. The van der Waals surface area contributed by atoms with Crippen LogP contribution >= 0.6 is 0 Å². The molecule has 72 valence electrons. The van der Waals surface area contributed by atoms with Gasteiger partial charge in [-0.05, 0) is 13.8 Å². The van der Waals surface area contributed by atoms with Crippen LogP contribution in [0, 0.1) is 0 Å². The number of carbonyl (C=O) groups is 1. The third-order valence-electron chi connectivity index (χ3n) is 1.72. The maximum atomic E-state index is 11.2. The van der Waals surface area contributed by atoms with E-state index in [0.717, 1.165) is 0 Å². The number of nitrogens with one attached hydrogen (secondary N) is 1. The zero-order valence-corrected chi connectivity index (χ0v) is 7.61. The van der Waals surface area contributed by atoms with Gasteiger partial charge in [0.15, 0.2) is 0 Å². The molecule has 0 aliphatic heterocycles. The third kappa shape index (κ3) is 1.99.